The molecule has 23 heavy (non-hydrogen) atoms. The van der Waals surface area contributed by atoms with Gasteiger partial charge in [-0.2, -0.15) is 0 Å². The maximum atomic E-state index is 12.5. The molecule has 0 aliphatic carbocycles. The first kappa shape index (κ1) is 16.3. The van der Waals surface area contributed by atoms with E-state index < -0.39 is 0 Å². The highest BCUT2D eigenvalue weighted by atomic mass is 35.5. The SMILES string of the molecule is C[C@@H]1CN(c2cscn2)CCN1C(=O)CCc1cccc(Cl)c1. The van der Waals surface area contributed by atoms with E-state index >= 15 is 0 Å². The Morgan fingerprint density at radius 1 is 1.43 bits per heavy atom. The molecule has 0 spiro atoms. The fraction of sp³-hybridized carbons (Fsp3) is 0.412. The van der Waals surface area contributed by atoms with Gasteiger partial charge < -0.3 is 9.80 Å². The molecule has 1 aromatic carbocycles. The second kappa shape index (κ2) is 7.32. The van der Waals surface area contributed by atoms with Crippen LogP contribution in [-0.2, 0) is 11.2 Å². The minimum atomic E-state index is 0.206. The Labute approximate surface area is 145 Å². The number of amides is 1. The third-order valence-electron chi connectivity index (χ3n) is 4.21. The van der Waals surface area contributed by atoms with Crippen LogP contribution < -0.4 is 4.90 Å². The minimum absolute atomic E-state index is 0.206. The predicted octanol–water partition coefficient (Wildman–Crippen LogP) is 3.47. The molecule has 1 aliphatic rings. The number of aromatic nitrogens is 1. The van der Waals surface area contributed by atoms with E-state index in [0.29, 0.717) is 6.42 Å². The molecule has 0 radical (unpaired) electrons. The lowest BCUT2D eigenvalue weighted by atomic mass is 10.1. The molecule has 0 bridgehead atoms. The number of hydrogen-bond donors (Lipinski definition) is 0. The van der Waals surface area contributed by atoms with E-state index in [1.54, 1.807) is 11.3 Å². The maximum absolute atomic E-state index is 12.5. The van der Waals surface area contributed by atoms with Crippen LogP contribution in [0.25, 0.3) is 0 Å². The van der Waals surface area contributed by atoms with Crippen molar-refractivity contribution in [3.63, 3.8) is 0 Å². The lowest BCUT2D eigenvalue weighted by Gasteiger charge is -2.40. The summed E-state index contributed by atoms with van der Waals surface area (Å²) in [5, 5.41) is 2.78. The molecule has 2 heterocycles. The minimum Gasteiger partial charge on any atom is -0.352 e. The lowest BCUT2D eigenvalue weighted by Crippen LogP contribution is -2.54. The normalized spacial score (nSPS) is 18.3. The van der Waals surface area contributed by atoms with Gasteiger partial charge in [0.25, 0.3) is 0 Å². The molecule has 0 N–H and O–H groups in total. The van der Waals surface area contributed by atoms with Crippen LogP contribution in [0.4, 0.5) is 5.82 Å². The van der Waals surface area contributed by atoms with Gasteiger partial charge in [-0.3, -0.25) is 4.79 Å². The molecule has 1 saturated heterocycles. The van der Waals surface area contributed by atoms with Crippen LogP contribution in [0.2, 0.25) is 5.02 Å². The number of aryl methyl sites for hydroxylation is 1. The Bertz CT molecular complexity index is 662. The van der Waals surface area contributed by atoms with E-state index in [1.807, 2.05) is 34.7 Å². The highest BCUT2D eigenvalue weighted by Gasteiger charge is 2.27. The molecule has 2 aromatic rings. The number of carbonyl (C=O) groups is 1. The molecule has 4 nitrogen and oxygen atoms in total. The van der Waals surface area contributed by atoms with Gasteiger partial charge in [0.2, 0.25) is 5.91 Å². The van der Waals surface area contributed by atoms with Gasteiger partial charge in [-0.05, 0) is 31.0 Å². The van der Waals surface area contributed by atoms with Gasteiger partial charge >= 0.3 is 0 Å². The van der Waals surface area contributed by atoms with Gasteiger partial charge in [0.1, 0.15) is 5.82 Å². The third kappa shape index (κ3) is 4.03. The van der Waals surface area contributed by atoms with Crippen molar-refractivity contribution in [1.82, 2.24) is 9.88 Å². The van der Waals surface area contributed by atoms with Gasteiger partial charge in [0.15, 0.2) is 0 Å². The van der Waals surface area contributed by atoms with Crippen LogP contribution in [0, 0.1) is 0 Å². The van der Waals surface area contributed by atoms with Crippen molar-refractivity contribution >= 4 is 34.7 Å². The number of carbonyl (C=O) groups excluding carboxylic acids is 1. The molecule has 1 amide bonds. The summed E-state index contributed by atoms with van der Waals surface area (Å²) in [5.41, 5.74) is 2.96. The van der Waals surface area contributed by atoms with Crippen LogP contribution in [0.3, 0.4) is 0 Å². The maximum Gasteiger partial charge on any atom is 0.223 e. The Hall–Kier alpha value is -1.59. The molecular formula is C17H20ClN3OS. The Balaban J connectivity index is 1.54. The van der Waals surface area contributed by atoms with E-state index in [0.717, 1.165) is 42.5 Å². The fourth-order valence-electron chi connectivity index (χ4n) is 2.99. The van der Waals surface area contributed by atoms with Gasteiger partial charge in [0.05, 0.1) is 5.51 Å². The summed E-state index contributed by atoms with van der Waals surface area (Å²) in [6.07, 6.45) is 1.26. The predicted molar refractivity (Wildman–Crippen MR) is 95.3 cm³/mol. The van der Waals surface area contributed by atoms with Crippen LogP contribution in [0.1, 0.15) is 18.9 Å². The number of rotatable bonds is 4. The first-order chi connectivity index (χ1) is 11.1. The number of benzene rings is 1. The Kier molecular flexibility index (Phi) is 5.18. The van der Waals surface area contributed by atoms with Crippen LogP contribution in [-0.4, -0.2) is 41.5 Å². The Morgan fingerprint density at radius 2 is 2.30 bits per heavy atom. The second-order valence-corrected chi connectivity index (χ2v) is 7.01. The molecule has 0 saturated carbocycles. The van der Waals surface area contributed by atoms with E-state index in [4.69, 9.17) is 11.6 Å². The monoisotopic (exact) mass is 349 g/mol. The molecule has 1 aromatic heterocycles. The van der Waals surface area contributed by atoms with Crippen molar-refractivity contribution in [3.8, 4) is 0 Å². The number of hydrogen-bond acceptors (Lipinski definition) is 4. The molecule has 1 atom stereocenters. The number of piperazine rings is 1. The molecule has 6 heteroatoms. The smallest absolute Gasteiger partial charge is 0.223 e. The highest BCUT2D eigenvalue weighted by Crippen LogP contribution is 2.20. The average molecular weight is 350 g/mol. The fourth-order valence-corrected chi connectivity index (χ4v) is 3.76. The number of thiazole rings is 1. The second-order valence-electron chi connectivity index (χ2n) is 5.86. The standard InChI is InChI=1S/C17H20ClN3OS/c1-13-10-20(16-11-23-12-19-16)7-8-21(13)17(22)6-5-14-3-2-4-15(18)9-14/h2-4,9,11-13H,5-8,10H2,1H3/t13-/m1/s1. The molecule has 0 unspecified atom stereocenters. The summed E-state index contributed by atoms with van der Waals surface area (Å²) in [4.78, 5) is 21.1. The first-order valence-corrected chi connectivity index (χ1v) is 9.12. The van der Waals surface area contributed by atoms with Crippen molar-refractivity contribution in [1.29, 1.82) is 0 Å². The van der Waals surface area contributed by atoms with Crippen molar-refractivity contribution in [2.75, 3.05) is 24.5 Å². The quantitative estimate of drug-likeness (QED) is 0.848. The topological polar surface area (TPSA) is 36.4 Å². The van der Waals surface area contributed by atoms with Crippen LogP contribution in [0.15, 0.2) is 35.2 Å². The summed E-state index contributed by atoms with van der Waals surface area (Å²) in [7, 11) is 0. The van der Waals surface area contributed by atoms with Gasteiger partial charge in [-0.15, -0.1) is 11.3 Å². The summed E-state index contributed by atoms with van der Waals surface area (Å²) in [6.45, 7) is 4.55. The number of nitrogens with zero attached hydrogens (tertiary/aromatic N) is 3. The molecule has 122 valence electrons. The summed E-state index contributed by atoms with van der Waals surface area (Å²) in [5.74, 6) is 1.24. The first-order valence-electron chi connectivity index (χ1n) is 7.80. The number of anilines is 1. The summed E-state index contributed by atoms with van der Waals surface area (Å²) < 4.78 is 0. The zero-order valence-corrected chi connectivity index (χ0v) is 14.7. The van der Waals surface area contributed by atoms with Gasteiger partial charge in [0, 0.05) is 42.5 Å². The van der Waals surface area contributed by atoms with E-state index in [2.05, 4.69) is 22.2 Å². The zero-order chi connectivity index (χ0) is 16.2. The van der Waals surface area contributed by atoms with Crippen molar-refractivity contribution in [2.45, 2.75) is 25.8 Å². The third-order valence-corrected chi connectivity index (χ3v) is 5.02. The van der Waals surface area contributed by atoms with Crippen LogP contribution in [0.5, 0.6) is 0 Å². The Morgan fingerprint density at radius 3 is 3.00 bits per heavy atom. The van der Waals surface area contributed by atoms with E-state index in [1.165, 1.54) is 0 Å². The van der Waals surface area contributed by atoms with Gasteiger partial charge in [-0.1, -0.05) is 23.7 Å². The molecular weight excluding hydrogens is 330 g/mol. The van der Waals surface area contributed by atoms with E-state index in [9.17, 15) is 4.79 Å². The molecule has 3 rings (SSSR count). The van der Waals surface area contributed by atoms with Crippen molar-refractivity contribution < 1.29 is 4.79 Å². The summed E-state index contributed by atoms with van der Waals surface area (Å²) >= 11 is 7.60. The van der Waals surface area contributed by atoms with Crippen molar-refractivity contribution in [2.24, 2.45) is 0 Å². The van der Waals surface area contributed by atoms with Crippen LogP contribution >= 0.6 is 22.9 Å². The van der Waals surface area contributed by atoms with Crippen molar-refractivity contribution in [3.05, 3.63) is 45.7 Å². The lowest BCUT2D eigenvalue weighted by molar-refractivity contribution is -0.133. The average Bonchev–Trinajstić information content (AvgIpc) is 3.07. The molecule has 1 aliphatic heterocycles. The van der Waals surface area contributed by atoms with Gasteiger partial charge in [-0.25, -0.2) is 4.98 Å². The van der Waals surface area contributed by atoms with E-state index in [-0.39, 0.29) is 11.9 Å². The summed E-state index contributed by atoms with van der Waals surface area (Å²) in [6, 6.07) is 7.93. The largest absolute Gasteiger partial charge is 0.352 e. The highest BCUT2D eigenvalue weighted by molar-refractivity contribution is 7.07. The number of halogens is 1. The molecule has 1 fully saturated rings. The zero-order valence-electron chi connectivity index (χ0n) is 13.1.